The monoisotopic (exact) mass is 431 g/mol. The fourth-order valence-corrected chi connectivity index (χ4v) is 2.86. The van der Waals surface area contributed by atoms with Gasteiger partial charge >= 0.3 is 5.69 Å². The van der Waals surface area contributed by atoms with Gasteiger partial charge in [0.1, 0.15) is 12.1 Å². The van der Waals surface area contributed by atoms with Crippen molar-refractivity contribution in [1.29, 1.82) is 0 Å². The van der Waals surface area contributed by atoms with Gasteiger partial charge in [0.2, 0.25) is 11.6 Å². The fourth-order valence-electron chi connectivity index (χ4n) is 2.53. The summed E-state index contributed by atoms with van der Waals surface area (Å²) >= 11 is 3.17. The minimum Gasteiger partial charge on any atom is -0.334 e. The van der Waals surface area contributed by atoms with Crippen molar-refractivity contribution >= 4 is 44.6 Å². The van der Waals surface area contributed by atoms with Gasteiger partial charge in [0.25, 0.3) is 0 Å². The molecule has 1 heterocycles. The molecule has 27 heavy (non-hydrogen) atoms. The number of rotatable bonds is 6. The van der Waals surface area contributed by atoms with Crippen molar-refractivity contribution in [3.63, 3.8) is 0 Å². The maximum atomic E-state index is 14.1. The molecular weight excluding hydrogens is 417 g/mol. The SMILES string of the molecule is CCc1ccccc1Nc1ncnc(Nc2ccc(Br)cc2F)c1[N+](=O)[O-]. The van der Waals surface area contributed by atoms with Crippen LogP contribution in [0.2, 0.25) is 0 Å². The van der Waals surface area contributed by atoms with E-state index in [1.807, 2.05) is 31.2 Å². The van der Waals surface area contributed by atoms with Crippen LogP contribution in [0.3, 0.4) is 0 Å². The molecule has 0 fully saturated rings. The Morgan fingerprint density at radius 2 is 1.78 bits per heavy atom. The van der Waals surface area contributed by atoms with Crippen LogP contribution in [-0.2, 0) is 6.42 Å². The van der Waals surface area contributed by atoms with Crippen LogP contribution >= 0.6 is 15.9 Å². The largest absolute Gasteiger partial charge is 0.353 e. The van der Waals surface area contributed by atoms with Crippen LogP contribution in [-0.4, -0.2) is 14.9 Å². The second-order valence-corrected chi connectivity index (χ2v) is 6.48. The van der Waals surface area contributed by atoms with Crippen molar-refractivity contribution in [2.45, 2.75) is 13.3 Å². The van der Waals surface area contributed by atoms with Crippen LogP contribution in [0.5, 0.6) is 0 Å². The van der Waals surface area contributed by atoms with E-state index in [4.69, 9.17) is 0 Å². The number of aromatic nitrogens is 2. The summed E-state index contributed by atoms with van der Waals surface area (Å²) in [5, 5.41) is 17.3. The summed E-state index contributed by atoms with van der Waals surface area (Å²) in [6.07, 6.45) is 1.93. The van der Waals surface area contributed by atoms with E-state index in [2.05, 4.69) is 36.5 Å². The van der Waals surface area contributed by atoms with Gasteiger partial charge in [0.15, 0.2) is 0 Å². The molecule has 0 spiro atoms. The summed E-state index contributed by atoms with van der Waals surface area (Å²) in [4.78, 5) is 19.0. The fraction of sp³-hybridized carbons (Fsp3) is 0.111. The Kier molecular flexibility index (Phi) is 5.60. The first-order valence-corrected chi connectivity index (χ1v) is 8.85. The third kappa shape index (κ3) is 4.20. The summed E-state index contributed by atoms with van der Waals surface area (Å²) in [6, 6.07) is 11.8. The van der Waals surface area contributed by atoms with Gasteiger partial charge in [0.05, 0.1) is 10.6 Å². The van der Waals surface area contributed by atoms with E-state index in [-0.39, 0.29) is 23.0 Å². The zero-order valence-electron chi connectivity index (χ0n) is 14.2. The van der Waals surface area contributed by atoms with Crippen molar-refractivity contribution in [2.75, 3.05) is 10.6 Å². The molecule has 0 bridgehead atoms. The Hall–Kier alpha value is -3.07. The Morgan fingerprint density at radius 1 is 1.11 bits per heavy atom. The average molecular weight is 432 g/mol. The molecule has 2 aromatic carbocycles. The average Bonchev–Trinajstić information content (AvgIpc) is 2.64. The third-order valence-corrected chi connectivity index (χ3v) is 4.33. The van der Waals surface area contributed by atoms with Crippen LogP contribution < -0.4 is 10.6 Å². The molecule has 7 nitrogen and oxygen atoms in total. The van der Waals surface area contributed by atoms with Crippen molar-refractivity contribution in [3.05, 3.63) is 74.8 Å². The first-order valence-electron chi connectivity index (χ1n) is 8.06. The molecule has 0 aliphatic rings. The quantitative estimate of drug-likeness (QED) is 0.404. The van der Waals surface area contributed by atoms with Crippen LogP contribution in [0.25, 0.3) is 0 Å². The van der Waals surface area contributed by atoms with E-state index >= 15 is 0 Å². The minimum absolute atomic E-state index is 0.0240. The smallest absolute Gasteiger partial charge is 0.334 e. The molecule has 0 radical (unpaired) electrons. The highest BCUT2D eigenvalue weighted by Crippen LogP contribution is 2.34. The van der Waals surface area contributed by atoms with E-state index < -0.39 is 10.7 Å². The predicted molar refractivity (Wildman–Crippen MR) is 105 cm³/mol. The van der Waals surface area contributed by atoms with E-state index in [1.165, 1.54) is 18.5 Å². The molecule has 2 N–H and O–H groups in total. The number of anilines is 4. The van der Waals surface area contributed by atoms with E-state index in [0.717, 1.165) is 12.0 Å². The highest BCUT2D eigenvalue weighted by molar-refractivity contribution is 9.10. The summed E-state index contributed by atoms with van der Waals surface area (Å²) in [5.74, 6) is -0.647. The highest BCUT2D eigenvalue weighted by Gasteiger charge is 2.24. The minimum atomic E-state index is -0.601. The number of benzene rings is 2. The summed E-state index contributed by atoms with van der Waals surface area (Å²) < 4.78 is 14.7. The van der Waals surface area contributed by atoms with Crippen LogP contribution in [0.4, 0.5) is 33.1 Å². The van der Waals surface area contributed by atoms with Gasteiger partial charge in [-0.25, -0.2) is 14.4 Å². The lowest BCUT2D eigenvalue weighted by atomic mass is 10.1. The molecule has 0 saturated heterocycles. The second-order valence-electron chi connectivity index (χ2n) is 5.56. The standard InChI is InChI=1S/C18H15BrFN5O2/c1-2-11-5-3-4-6-14(11)23-17-16(25(26)27)18(22-10-21-17)24-15-8-7-12(19)9-13(15)20/h3-10H,2H2,1H3,(H2,21,22,23,24). The molecule has 0 aliphatic carbocycles. The second kappa shape index (κ2) is 8.09. The van der Waals surface area contributed by atoms with Crippen molar-refractivity contribution < 1.29 is 9.31 Å². The van der Waals surface area contributed by atoms with E-state index in [1.54, 1.807) is 6.07 Å². The van der Waals surface area contributed by atoms with Gasteiger partial charge < -0.3 is 10.6 Å². The Bertz CT molecular complexity index is 999. The molecule has 1 aromatic heterocycles. The zero-order chi connectivity index (χ0) is 19.4. The number of nitro groups is 1. The number of nitrogens with one attached hydrogen (secondary N) is 2. The lowest BCUT2D eigenvalue weighted by Crippen LogP contribution is -2.07. The Balaban J connectivity index is 2.01. The van der Waals surface area contributed by atoms with Crippen LogP contribution in [0.1, 0.15) is 12.5 Å². The number of nitrogens with zero attached hydrogens (tertiary/aromatic N) is 3. The molecule has 9 heteroatoms. The van der Waals surface area contributed by atoms with Crippen molar-refractivity contribution in [1.82, 2.24) is 9.97 Å². The lowest BCUT2D eigenvalue weighted by Gasteiger charge is -2.12. The van der Waals surface area contributed by atoms with Crippen molar-refractivity contribution in [3.8, 4) is 0 Å². The first kappa shape index (κ1) is 18.7. The highest BCUT2D eigenvalue weighted by atomic mass is 79.9. The normalized spacial score (nSPS) is 10.5. The molecule has 0 amide bonds. The summed E-state index contributed by atoms with van der Waals surface area (Å²) in [6.45, 7) is 1.98. The van der Waals surface area contributed by atoms with Crippen LogP contribution in [0.15, 0.2) is 53.3 Å². The number of hydrogen-bond acceptors (Lipinski definition) is 6. The molecule has 0 unspecified atom stereocenters. The third-order valence-electron chi connectivity index (χ3n) is 3.84. The Labute approximate surface area is 163 Å². The molecule has 0 atom stereocenters. The number of halogens is 2. The van der Waals surface area contributed by atoms with Gasteiger partial charge in [0, 0.05) is 10.2 Å². The maximum absolute atomic E-state index is 14.1. The molecule has 0 saturated carbocycles. The first-order chi connectivity index (χ1) is 13.0. The predicted octanol–water partition coefficient (Wildman–Crippen LogP) is 5.34. The van der Waals surface area contributed by atoms with Gasteiger partial charge in [-0.05, 0) is 36.2 Å². The van der Waals surface area contributed by atoms with Crippen molar-refractivity contribution in [2.24, 2.45) is 0 Å². The molecule has 138 valence electrons. The molecular formula is C18H15BrFN5O2. The van der Waals surface area contributed by atoms with E-state index in [9.17, 15) is 14.5 Å². The van der Waals surface area contributed by atoms with Gasteiger partial charge in [-0.2, -0.15) is 0 Å². The maximum Gasteiger partial charge on any atom is 0.353 e. The van der Waals surface area contributed by atoms with Gasteiger partial charge in [-0.1, -0.05) is 41.1 Å². The Morgan fingerprint density at radius 3 is 2.41 bits per heavy atom. The van der Waals surface area contributed by atoms with E-state index in [0.29, 0.717) is 10.2 Å². The van der Waals surface area contributed by atoms with Crippen LogP contribution in [0, 0.1) is 15.9 Å². The molecule has 3 rings (SSSR count). The molecule has 3 aromatic rings. The number of para-hydroxylation sites is 1. The van der Waals surface area contributed by atoms with Gasteiger partial charge in [-0.15, -0.1) is 0 Å². The number of aryl methyl sites for hydroxylation is 1. The topological polar surface area (TPSA) is 93.0 Å². The lowest BCUT2D eigenvalue weighted by molar-refractivity contribution is -0.383. The number of hydrogen-bond donors (Lipinski definition) is 2. The molecule has 0 aliphatic heterocycles. The zero-order valence-corrected chi connectivity index (χ0v) is 15.8. The summed E-state index contributed by atoms with van der Waals surface area (Å²) in [5.41, 5.74) is 1.40. The van der Waals surface area contributed by atoms with Gasteiger partial charge in [-0.3, -0.25) is 10.1 Å². The summed E-state index contributed by atoms with van der Waals surface area (Å²) in [7, 11) is 0.